The van der Waals surface area contributed by atoms with Crippen LogP contribution < -0.4 is 5.32 Å². The minimum Gasteiger partial charge on any atom is -0.508 e. The lowest BCUT2D eigenvalue weighted by molar-refractivity contribution is -0.385. The number of nitro groups is 1. The smallest absolute Gasteiger partial charge is 0.282 e. The molecule has 0 aliphatic rings. The normalized spacial score (nSPS) is 10.4. The number of amides is 1. The van der Waals surface area contributed by atoms with Crippen LogP contribution in [0.3, 0.4) is 0 Å². The predicted octanol–water partition coefficient (Wildman–Crippen LogP) is 1.27. The Morgan fingerprint density at radius 3 is 2.81 bits per heavy atom. The zero-order chi connectivity index (χ0) is 15.6. The summed E-state index contributed by atoms with van der Waals surface area (Å²) in [4.78, 5) is 22.3. The van der Waals surface area contributed by atoms with Gasteiger partial charge in [-0.2, -0.15) is 5.10 Å². The van der Waals surface area contributed by atoms with Crippen molar-refractivity contribution < 1.29 is 14.8 Å². The molecule has 0 radical (unpaired) electrons. The Labute approximate surface area is 120 Å². The summed E-state index contributed by atoms with van der Waals surface area (Å²) in [5.41, 5.74) is 1.05. The highest BCUT2D eigenvalue weighted by atomic mass is 16.6. The quantitative estimate of drug-likeness (QED) is 0.650. The van der Waals surface area contributed by atoms with E-state index < -0.39 is 10.8 Å². The number of aryl methyl sites for hydroxylation is 2. The van der Waals surface area contributed by atoms with Crippen LogP contribution in [0.25, 0.3) is 0 Å². The lowest BCUT2D eigenvalue weighted by Gasteiger charge is -2.05. The maximum Gasteiger partial charge on any atom is 0.282 e. The number of hydrogen-bond donors (Lipinski definition) is 2. The van der Waals surface area contributed by atoms with Gasteiger partial charge in [0.2, 0.25) is 0 Å². The number of phenols is 1. The molecule has 0 spiro atoms. The van der Waals surface area contributed by atoms with Crippen molar-refractivity contribution in [1.29, 1.82) is 0 Å². The molecule has 0 unspecified atom stereocenters. The Morgan fingerprint density at radius 1 is 1.52 bits per heavy atom. The van der Waals surface area contributed by atoms with Crippen molar-refractivity contribution in [3.8, 4) is 5.75 Å². The molecular weight excluding hydrogens is 276 g/mol. The maximum atomic E-state index is 12.1. The maximum absolute atomic E-state index is 12.1. The van der Waals surface area contributed by atoms with Gasteiger partial charge < -0.3 is 10.4 Å². The molecule has 1 heterocycles. The summed E-state index contributed by atoms with van der Waals surface area (Å²) in [6.07, 6.45) is 1.76. The van der Waals surface area contributed by atoms with Gasteiger partial charge in [0.15, 0.2) is 0 Å². The third kappa shape index (κ3) is 3.16. The van der Waals surface area contributed by atoms with Crippen LogP contribution in [0, 0.1) is 17.0 Å². The molecule has 2 rings (SSSR count). The van der Waals surface area contributed by atoms with Crippen molar-refractivity contribution >= 4 is 11.6 Å². The third-order valence-electron chi connectivity index (χ3n) is 2.98. The van der Waals surface area contributed by atoms with Crippen LogP contribution >= 0.6 is 0 Å². The van der Waals surface area contributed by atoms with Gasteiger partial charge in [0.1, 0.15) is 11.3 Å². The van der Waals surface area contributed by atoms with E-state index in [-0.39, 0.29) is 23.5 Å². The fraction of sp³-hybridized carbons (Fsp3) is 0.231. The van der Waals surface area contributed by atoms with E-state index >= 15 is 0 Å². The van der Waals surface area contributed by atoms with Crippen molar-refractivity contribution in [1.82, 2.24) is 15.1 Å². The second-order valence-electron chi connectivity index (χ2n) is 4.55. The number of nitro benzene ring substituents is 1. The summed E-state index contributed by atoms with van der Waals surface area (Å²) in [7, 11) is 1.76. The lowest BCUT2D eigenvalue weighted by atomic mass is 10.1. The topological polar surface area (TPSA) is 110 Å². The van der Waals surface area contributed by atoms with E-state index in [0.29, 0.717) is 0 Å². The van der Waals surface area contributed by atoms with Crippen LogP contribution in [-0.2, 0) is 13.6 Å². The number of aromatic nitrogens is 2. The number of hydrogen-bond acceptors (Lipinski definition) is 5. The van der Waals surface area contributed by atoms with Gasteiger partial charge in [0.05, 0.1) is 10.6 Å². The highest BCUT2D eigenvalue weighted by Crippen LogP contribution is 2.23. The summed E-state index contributed by atoms with van der Waals surface area (Å²) in [6, 6.07) is 3.34. The fourth-order valence-electron chi connectivity index (χ4n) is 1.96. The molecule has 110 valence electrons. The number of aromatic hydroxyl groups is 1. The highest BCUT2D eigenvalue weighted by molar-refractivity contribution is 5.98. The Balaban J connectivity index is 2.19. The van der Waals surface area contributed by atoms with Gasteiger partial charge in [-0.1, -0.05) is 0 Å². The lowest BCUT2D eigenvalue weighted by Crippen LogP contribution is -2.23. The molecule has 1 aromatic heterocycles. The molecule has 8 nitrogen and oxygen atoms in total. The minimum atomic E-state index is -0.663. The number of rotatable bonds is 4. The average Bonchev–Trinajstić information content (AvgIpc) is 2.73. The molecule has 0 bridgehead atoms. The molecule has 21 heavy (non-hydrogen) atoms. The van der Waals surface area contributed by atoms with Crippen molar-refractivity contribution in [3.05, 3.63) is 51.3 Å². The van der Waals surface area contributed by atoms with E-state index in [4.69, 9.17) is 0 Å². The molecule has 1 aromatic carbocycles. The van der Waals surface area contributed by atoms with Gasteiger partial charge in [0.25, 0.3) is 11.6 Å². The summed E-state index contributed by atoms with van der Waals surface area (Å²) < 4.78 is 1.62. The van der Waals surface area contributed by atoms with Gasteiger partial charge in [-0.25, -0.2) is 0 Å². The number of carbonyl (C=O) groups is 1. The SMILES string of the molecule is Cc1nn(C)cc1CNC(=O)c1cc(O)ccc1[N+](=O)[O-]. The van der Waals surface area contributed by atoms with Crippen LogP contribution in [0.2, 0.25) is 0 Å². The molecule has 0 saturated heterocycles. The number of phenolic OH excluding ortho intramolecular Hbond substituents is 1. The summed E-state index contributed by atoms with van der Waals surface area (Å²) in [6.45, 7) is 2.00. The van der Waals surface area contributed by atoms with Crippen LogP contribution in [0.1, 0.15) is 21.6 Å². The molecule has 8 heteroatoms. The minimum absolute atomic E-state index is 0.179. The van der Waals surface area contributed by atoms with E-state index in [9.17, 15) is 20.0 Å². The Hall–Kier alpha value is -2.90. The first kappa shape index (κ1) is 14.5. The Morgan fingerprint density at radius 2 is 2.24 bits per heavy atom. The molecule has 1 amide bonds. The van der Waals surface area contributed by atoms with Crippen LogP contribution in [0.4, 0.5) is 5.69 Å². The largest absolute Gasteiger partial charge is 0.508 e. The molecule has 0 aliphatic carbocycles. The molecule has 0 atom stereocenters. The summed E-state index contributed by atoms with van der Waals surface area (Å²) in [5, 5.41) is 27.0. The number of carbonyl (C=O) groups excluding carboxylic acids is 1. The first-order chi connectivity index (χ1) is 9.88. The van der Waals surface area contributed by atoms with Crippen LogP contribution in [0.5, 0.6) is 5.75 Å². The molecule has 0 fully saturated rings. The summed E-state index contributed by atoms with van der Waals surface area (Å²) in [5.74, 6) is -0.829. The Bertz CT molecular complexity index is 708. The monoisotopic (exact) mass is 290 g/mol. The average molecular weight is 290 g/mol. The van der Waals surface area contributed by atoms with Crippen LogP contribution in [0.15, 0.2) is 24.4 Å². The highest BCUT2D eigenvalue weighted by Gasteiger charge is 2.20. The molecule has 0 aliphatic heterocycles. The second-order valence-corrected chi connectivity index (χ2v) is 4.55. The zero-order valence-electron chi connectivity index (χ0n) is 11.5. The first-order valence-corrected chi connectivity index (χ1v) is 6.13. The standard InChI is InChI=1S/C13H14N4O4/c1-8-9(7-16(2)15-8)6-14-13(19)11-5-10(18)3-4-12(11)17(20)21/h3-5,7,18H,6H2,1-2H3,(H,14,19). The summed E-state index contributed by atoms with van der Waals surface area (Å²) >= 11 is 0. The number of nitrogens with zero attached hydrogens (tertiary/aromatic N) is 3. The van der Waals surface area contributed by atoms with Crippen molar-refractivity contribution in [2.75, 3.05) is 0 Å². The van der Waals surface area contributed by atoms with Gasteiger partial charge >= 0.3 is 0 Å². The van der Waals surface area contributed by atoms with Gasteiger partial charge in [0, 0.05) is 31.4 Å². The molecular formula is C13H14N4O4. The van der Waals surface area contributed by atoms with Crippen molar-refractivity contribution in [2.24, 2.45) is 7.05 Å². The van der Waals surface area contributed by atoms with E-state index in [2.05, 4.69) is 10.4 Å². The van der Waals surface area contributed by atoms with Crippen molar-refractivity contribution in [2.45, 2.75) is 13.5 Å². The van der Waals surface area contributed by atoms with E-state index in [1.165, 1.54) is 6.07 Å². The Kier molecular flexibility index (Phi) is 3.88. The molecule has 2 N–H and O–H groups in total. The third-order valence-corrected chi connectivity index (χ3v) is 2.98. The van der Waals surface area contributed by atoms with Gasteiger partial charge in [-0.3, -0.25) is 19.6 Å². The number of nitrogens with one attached hydrogen (secondary N) is 1. The molecule has 2 aromatic rings. The van der Waals surface area contributed by atoms with Crippen LogP contribution in [-0.4, -0.2) is 25.7 Å². The van der Waals surface area contributed by atoms with Gasteiger partial charge in [-0.05, 0) is 19.1 Å². The van der Waals surface area contributed by atoms with E-state index in [1.54, 1.807) is 24.9 Å². The van der Waals surface area contributed by atoms with E-state index in [0.717, 1.165) is 23.4 Å². The molecule has 0 saturated carbocycles. The van der Waals surface area contributed by atoms with Crippen molar-refractivity contribution in [3.63, 3.8) is 0 Å². The van der Waals surface area contributed by atoms with E-state index in [1.807, 2.05) is 0 Å². The number of benzene rings is 1. The predicted molar refractivity (Wildman–Crippen MR) is 73.9 cm³/mol. The second kappa shape index (κ2) is 5.61. The fourth-order valence-corrected chi connectivity index (χ4v) is 1.96. The zero-order valence-corrected chi connectivity index (χ0v) is 11.5. The van der Waals surface area contributed by atoms with Gasteiger partial charge in [-0.15, -0.1) is 0 Å². The first-order valence-electron chi connectivity index (χ1n) is 6.13.